The molecule has 2 aliphatic rings. The molecule has 1 unspecified atom stereocenters. The Hall–Kier alpha value is -3.72. The Morgan fingerprint density at radius 3 is 2.38 bits per heavy atom. The fourth-order valence-electron chi connectivity index (χ4n) is 5.20. The molecular formula is C26H32F5N9O2. The number of hydrogen-bond donors (Lipinski definition) is 2. The number of carbonyl (C=O) groups excluding carboxylic acids is 2. The predicted octanol–water partition coefficient (Wildman–Crippen LogP) is 4.50. The molecule has 2 atom stereocenters. The van der Waals surface area contributed by atoms with E-state index < -0.39 is 48.8 Å². The van der Waals surface area contributed by atoms with Crippen LogP contribution in [0, 0.1) is 11.8 Å². The molecule has 2 amide bonds. The van der Waals surface area contributed by atoms with E-state index in [0.717, 1.165) is 12.8 Å². The highest BCUT2D eigenvalue weighted by molar-refractivity contribution is 5.90. The molecule has 16 heteroatoms. The molecule has 11 nitrogen and oxygen atoms in total. The van der Waals surface area contributed by atoms with Gasteiger partial charge in [-0.2, -0.15) is 23.1 Å². The Balaban J connectivity index is 1.39. The number of halogens is 5. The molecule has 0 radical (unpaired) electrons. The number of carbonyl (C=O) groups is 2. The fraction of sp³-hybridized carbons (Fsp3) is 0.654. The summed E-state index contributed by atoms with van der Waals surface area (Å²) in [6.45, 7) is 3.65. The van der Waals surface area contributed by atoms with Gasteiger partial charge in [0.05, 0.1) is 42.6 Å². The topological polar surface area (TPSA) is 132 Å². The number of tetrazole rings is 1. The van der Waals surface area contributed by atoms with Crippen molar-refractivity contribution >= 4 is 17.5 Å². The van der Waals surface area contributed by atoms with Crippen molar-refractivity contribution in [2.75, 3.05) is 0 Å². The Kier molecular flexibility index (Phi) is 8.16. The van der Waals surface area contributed by atoms with E-state index in [2.05, 4.69) is 36.1 Å². The number of aromatic nitrogens is 7. The zero-order chi connectivity index (χ0) is 30.2. The predicted molar refractivity (Wildman–Crippen MR) is 137 cm³/mol. The third-order valence-corrected chi connectivity index (χ3v) is 7.70. The molecule has 42 heavy (non-hydrogen) atoms. The van der Waals surface area contributed by atoms with Crippen LogP contribution in [-0.2, 0) is 4.79 Å². The van der Waals surface area contributed by atoms with Gasteiger partial charge in [0, 0.05) is 19.3 Å². The summed E-state index contributed by atoms with van der Waals surface area (Å²) in [5.41, 5.74) is 1.37. The molecule has 228 valence electrons. The first-order chi connectivity index (χ1) is 19.8. The third-order valence-electron chi connectivity index (χ3n) is 7.70. The minimum Gasteiger partial charge on any atom is -0.349 e. The molecule has 0 saturated heterocycles. The van der Waals surface area contributed by atoms with Crippen LogP contribution in [0.25, 0.3) is 5.65 Å². The molecule has 2 saturated carbocycles. The second kappa shape index (κ2) is 11.5. The number of nitrogens with one attached hydrogen (secondary N) is 2. The zero-order valence-electron chi connectivity index (χ0n) is 23.1. The first-order valence-corrected chi connectivity index (χ1v) is 14.0. The summed E-state index contributed by atoms with van der Waals surface area (Å²) in [5, 5.41) is 21.7. The van der Waals surface area contributed by atoms with Gasteiger partial charge in [-0.1, -0.05) is 0 Å². The minimum atomic E-state index is -4.43. The maximum atomic E-state index is 14.0. The summed E-state index contributed by atoms with van der Waals surface area (Å²) >= 11 is 0. The lowest BCUT2D eigenvalue weighted by molar-refractivity contribution is -0.144. The van der Waals surface area contributed by atoms with E-state index in [0.29, 0.717) is 16.9 Å². The van der Waals surface area contributed by atoms with E-state index in [-0.39, 0.29) is 49.4 Å². The van der Waals surface area contributed by atoms with Gasteiger partial charge in [-0.15, -0.1) is 10.2 Å². The van der Waals surface area contributed by atoms with Gasteiger partial charge in [-0.05, 0) is 68.2 Å². The number of rotatable bonds is 10. The highest BCUT2D eigenvalue weighted by Gasteiger charge is 2.40. The van der Waals surface area contributed by atoms with Gasteiger partial charge >= 0.3 is 6.18 Å². The largest absolute Gasteiger partial charge is 0.389 e. The van der Waals surface area contributed by atoms with Gasteiger partial charge in [0.15, 0.2) is 5.65 Å². The number of alkyl halides is 5. The Labute approximate surface area is 237 Å². The van der Waals surface area contributed by atoms with Gasteiger partial charge in [0.2, 0.25) is 11.8 Å². The second-order valence-corrected chi connectivity index (χ2v) is 11.4. The summed E-state index contributed by atoms with van der Waals surface area (Å²) in [5.74, 6) is -4.53. The van der Waals surface area contributed by atoms with Gasteiger partial charge in [-0.25, -0.2) is 18.3 Å². The van der Waals surface area contributed by atoms with Crippen molar-refractivity contribution in [2.45, 2.75) is 95.4 Å². The van der Waals surface area contributed by atoms with Crippen LogP contribution in [-0.4, -0.2) is 58.7 Å². The first kappa shape index (κ1) is 29.8. The Morgan fingerprint density at radius 2 is 1.76 bits per heavy atom. The molecule has 0 bridgehead atoms. The Bertz CT molecular complexity index is 1420. The molecule has 0 spiro atoms. The van der Waals surface area contributed by atoms with Crippen molar-refractivity contribution < 1.29 is 31.5 Å². The molecule has 0 aliphatic heterocycles. The molecule has 2 N–H and O–H groups in total. The third kappa shape index (κ3) is 7.18. The highest BCUT2D eigenvalue weighted by atomic mass is 19.4. The first-order valence-electron chi connectivity index (χ1n) is 14.0. The highest BCUT2D eigenvalue weighted by Crippen LogP contribution is 2.43. The van der Waals surface area contributed by atoms with Gasteiger partial charge in [0.25, 0.3) is 11.7 Å². The Morgan fingerprint density at radius 1 is 1.07 bits per heavy atom. The summed E-state index contributed by atoms with van der Waals surface area (Å²) in [4.78, 5) is 31.3. The molecule has 3 aromatic heterocycles. The van der Waals surface area contributed by atoms with E-state index in [1.54, 1.807) is 12.3 Å². The maximum Gasteiger partial charge on any atom is 0.389 e. The van der Waals surface area contributed by atoms with Crippen LogP contribution in [0.2, 0.25) is 0 Å². The molecule has 5 rings (SSSR count). The smallest absolute Gasteiger partial charge is 0.349 e. The lowest BCUT2D eigenvalue weighted by Crippen LogP contribution is -2.37. The van der Waals surface area contributed by atoms with Crippen molar-refractivity contribution in [1.29, 1.82) is 0 Å². The van der Waals surface area contributed by atoms with Crippen molar-refractivity contribution in [1.82, 2.24) is 45.4 Å². The fourth-order valence-corrected chi connectivity index (χ4v) is 5.20. The van der Waals surface area contributed by atoms with Gasteiger partial charge in [0.1, 0.15) is 0 Å². The summed E-state index contributed by atoms with van der Waals surface area (Å²) < 4.78 is 67.2. The van der Waals surface area contributed by atoms with Crippen molar-refractivity contribution in [3.63, 3.8) is 0 Å². The van der Waals surface area contributed by atoms with E-state index in [4.69, 9.17) is 0 Å². The number of amides is 2. The molecule has 0 aromatic carbocycles. The molecule has 3 heterocycles. The normalized spacial score (nSPS) is 19.1. The van der Waals surface area contributed by atoms with E-state index in [1.165, 1.54) is 15.5 Å². The van der Waals surface area contributed by atoms with Crippen molar-refractivity contribution in [3.05, 3.63) is 35.5 Å². The lowest BCUT2D eigenvalue weighted by atomic mass is 9.81. The van der Waals surface area contributed by atoms with E-state index in [9.17, 15) is 31.5 Å². The van der Waals surface area contributed by atoms with Crippen LogP contribution in [0.3, 0.4) is 0 Å². The molecule has 3 aromatic rings. The minimum absolute atomic E-state index is 0.0706. The number of fused-ring (bicyclic) bond motifs is 1. The average Bonchev–Trinajstić information content (AvgIpc) is 3.46. The quantitative estimate of drug-likeness (QED) is 0.329. The zero-order valence-corrected chi connectivity index (χ0v) is 23.1. The summed E-state index contributed by atoms with van der Waals surface area (Å²) in [7, 11) is 0. The standard InChI is InChI=1S/C26H32F5N9O2/c1-14(2)40-37-23(36-38-40)24(42)35-22(16-5-8-25(27,28)9-6-16)18-13-39-19(33-18)11-17(12-32-39)21(15-3-4-15)34-20(41)7-10-26(29,30)31/h11-16,21-22H,3-10H2,1-2H3,(H,34,41)(H,35,42)/t21?,22-/m0/s1. The maximum absolute atomic E-state index is 14.0. The van der Waals surface area contributed by atoms with Crippen molar-refractivity contribution in [2.24, 2.45) is 11.8 Å². The van der Waals surface area contributed by atoms with Crippen LogP contribution >= 0.6 is 0 Å². The number of hydrogen-bond acceptors (Lipinski definition) is 7. The number of imidazole rings is 1. The molecule has 2 aliphatic carbocycles. The lowest BCUT2D eigenvalue weighted by Gasteiger charge is -2.33. The summed E-state index contributed by atoms with van der Waals surface area (Å²) in [6.07, 6.45) is -1.89. The monoisotopic (exact) mass is 597 g/mol. The van der Waals surface area contributed by atoms with Crippen LogP contribution in [0.1, 0.15) is 105 Å². The van der Waals surface area contributed by atoms with Gasteiger partial charge < -0.3 is 10.6 Å². The average molecular weight is 598 g/mol. The molecular weight excluding hydrogens is 565 g/mol. The second-order valence-electron chi connectivity index (χ2n) is 11.4. The molecule has 2 fully saturated rings. The summed E-state index contributed by atoms with van der Waals surface area (Å²) in [6, 6.07) is 0.302. The van der Waals surface area contributed by atoms with Gasteiger partial charge in [-0.3, -0.25) is 9.59 Å². The number of nitrogens with zero attached hydrogens (tertiary/aromatic N) is 7. The van der Waals surface area contributed by atoms with Crippen LogP contribution in [0.5, 0.6) is 0 Å². The van der Waals surface area contributed by atoms with Crippen molar-refractivity contribution in [3.8, 4) is 0 Å². The SMILES string of the molecule is CC(C)n1nnc(C(=O)N[C@H](c2cn3ncc(C(NC(=O)CCC(F)(F)F)C4CC4)cc3n2)C2CCC(F)(F)CC2)n1. The van der Waals surface area contributed by atoms with Crippen LogP contribution in [0.4, 0.5) is 22.0 Å². The van der Waals surface area contributed by atoms with E-state index >= 15 is 0 Å². The van der Waals surface area contributed by atoms with Crippen LogP contribution in [0.15, 0.2) is 18.5 Å². The van der Waals surface area contributed by atoms with Crippen LogP contribution < -0.4 is 10.6 Å². The van der Waals surface area contributed by atoms with E-state index in [1.807, 2.05) is 13.8 Å².